The zero-order valence-corrected chi connectivity index (χ0v) is 18.7. The average molecular weight is 411 g/mol. The van der Waals surface area contributed by atoms with E-state index in [0.29, 0.717) is 0 Å². The van der Waals surface area contributed by atoms with E-state index >= 15 is 0 Å². The van der Waals surface area contributed by atoms with Crippen molar-refractivity contribution in [3.05, 3.63) is 95.2 Å². The molecule has 0 amide bonds. The molecule has 158 valence electrons. The van der Waals surface area contributed by atoms with Crippen molar-refractivity contribution < 1.29 is 0 Å². The first-order valence-electron chi connectivity index (χ1n) is 11.2. The van der Waals surface area contributed by atoms with Gasteiger partial charge in [0.1, 0.15) is 5.82 Å². The van der Waals surface area contributed by atoms with Crippen molar-refractivity contribution in [2.24, 2.45) is 0 Å². The summed E-state index contributed by atoms with van der Waals surface area (Å²) in [5, 5.41) is 1.35. The standard InChI is InChI=1S/C27H30N4/c1-27(2,3)26-28-15-21-17-30(14-13-24(21)29-26)18-22-19-31(16-20-9-5-4-6-10-20)25-12-8-7-11-23(22)25/h4-12,15,19H,13-14,16-18H2,1-3H3. The van der Waals surface area contributed by atoms with Crippen molar-refractivity contribution in [2.45, 2.75) is 52.2 Å². The van der Waals surface area contributed by atoms with Crippen molar-refractivity contribution in [1.29, 1.82) is 0 Å². The monoisotopic (exact) mass is 410 g/mol. The van der Waals surface area contributed by atoms with Gasteiger partial charge in [-0.1, -0.05) is 69.3 Å². The summed E-state index contributed by atoms with van der Waals surface area (Å²) in [6, 6.07) is 19.5. The Balaban J connectivity index is 1.39. The molecule has 2 aromatic heterocycles. The molecule has 0 bridgehead atoms. The molecule has 4 heteroatoms. The normalized spacial score (nSPS) is 14.7. The third kappa shape index (κ3) is 4.13. The van der Waals surface area contributed by atoms with Gasteiger partial charge in [0.05, 0.1) is 0 Å². The highest BCUT2D eigenvalue weighted by Gasteiger charge is 2.23. The second-order valence-corrected chi connectivity index (χ2v) is 9.66. The number of hydrogen-bond donors (Lipinski definition) is 0. The first kappa shape index (κ1) is 20.0. The van der Waals surface area contributed by atoms with Crippen LogP contribution in [0.25, 0.3) is 10.9 Å². The van der Waals surface area contributed by atoms with Crippen LogP contribution in [0.15, 0.2) is 67.0 Å². The van der Waals surface area contributed by atoms with E-state index in [1.54, 1.807) is 0 Å². The lowest BCUT2D eigenvalue weighted by Gasteiger charge is -2.29. The lowest BCUT2D eigenvalue weighted by molar-refractivity contribution is 0.243. The van der Waals surface area contributed by atoms with Gasteiger partial charge in [0.2, 0.25) is 0 Å². The Morgan fingerprint density at radius 1 is 0.935 bits per heavy atom. The summed E-state index contributed by atoms with van der Waals surface area (Å²) in [5.74, 6) is 0.948. The minimum atomic E-state index is -0.00720. The van der Waals surface area contributed by atoms with E-state index < -0.39 is 0 Å². The maximum absolute atomic E-state index is 4.89. The molecule has 0 unspecified atom stereocenters. The lowest BCUT2D eigenvalue weighted by atomic mass is 9.95. The molecule has 0 atom stereocenters. The Bertz CT molecular complexity index is 1200. The van der Waals surface area contributed by atoms with E-state index in [9.17, 15) is 0 Å². The highest BCUT2D eigenvalue weighted by Crippen LogP contribution is 2.27. The molecule has 0 saturated heterocycles. The van der Waals surface area contributed by atoms with E-state index in [1.165, 1.54) is 33.3 Å². The fourth-order valence-electron chi connectivity index (χ4n) is 4.47. The molecule has 0 spiro atoms. The third-order valence-corrected chi connectivity index (χ3v) is 6.14. The quantitative estimate of drug-likeness (QED) is 0.456. The molecule has 2 aromatic carbocycles. The van der Waals surface area contributed by atoms with E-state index in [4.69, 9.17) is 4.98 Å². The zero-order chi connectivity index (χ0) is 21.4. The van der Waals surface area contributed by atoms with Crippen LogP contribution in [0.4, 0.5) is 0 Å². The van der Waals surface area contributed by atoms with Gasteiger partial charge in [-0.15, -0.1) is 0 Å². The summed E-state index contributed by atoms with van der Waals surface area (Å²) in [7, 11) is 0. The van der Waals surface area contributed by atoms with Gasteiger partial charge in [-0.05, 0) is 17.2 Å². The number of aromatic nitrogens is 3. The van der Waals surface area contributed by atoms with Crippen LogP contribution < -0.4 is 0 Å². The van der Waals surface area contributed by atoms with E-state index in [0.717, 1.165) is 38.4 Å². The molecule has 3 heterocycles. The van der Waals surface area contributed by atoms with Crippen molar-refractivity contribution >= 4 is 10.9 Å². The van der Waals surface area contributed by atoms with Crippen molar-refractivity contribution in [2.75, 3.05) is 6.54 Å². The van der Waals surface area contributed by atoms with Crippen LogP contribution in [0, 0.1) is 0 Å². The van der Waals surface area contributed by atoms with Gasteiger partial charge in [0.25, 0.3) is 0 Å². The molecule has 0 aliphatic carbocycles. The molecule has 0 radical (unpaired) electrons. The van der Waals surface area contributed by atoms with Crippen LogP contribution in [-0.4, -0.2) is 26.0 Å². The second kappa shape index (κ2) is 7.93. The molecule has 0 N–H and O–H groups in total. The Morgan fingerprint density at radius 3 is 2.52 bits per heavy atom. The summed E-state index contributed by atoms with van der Waals surface area (Å²) in [4.78, 5) is 12.1. The number of hydrogen-bond acceptors (Lipinski definition) is 3. The lowest BCUT2D eigenvalue weighted by Crippen LogP contribution is -2.31. The third-order valence-electron chi connectivity index (χ3n) is 6.14. The van der Waals surface area contributed by atoms with Gasteiger partial charge < -0.3 is 4.57 Å². The van der Waals surface area contributed by atoms with Crippen LogP contribution in [0.5, 0.6) is 0 Å². The highest BCUT2D eigenvalue weighted by molar-refractivity contribution is 5.84. The Labute approximate surface area is 184 Å². The maximum atomic E-state index is 4.89. The van der Waals surface area contributed by atoms with Crippen LogP contribution in [0.2, 0.25) is 0 Å². The Hall–Kier alpha value is -2.98. The predicted molar refractivity (Wildman–Crippen MR) is 126 cm³/mol. The van der Waals surface area contributed by atoms with Crippen LogP contribution in [0.3, 0.4) is 0 Å². The van der Waals surface area contributed by atoms with Crippen LogP contribution in [-0.2, 0) is 31.5 Å². The van der Waals surface area contributed by atoms with Crippen LogP contribution >= 0.6 is 0 Å². The van der Waals surface area contributed by atoms with Gasteiger partial charge in [-0.2, -0.15) is 0 Å². The number of nitrogens with zero attached hydrogens (tertiary/aromatic N) is 4. The molecule has 0 fully saturated rings. The molecular formula is C27H30N4. The minimum absolute atomic E-state index is 0.00720. The first-order chi connectivity index (χ1) is 15.0. The molecule has 31 heavy (non-hydrogen) atoms. The number of fused-ring (bicyclic) bond motifs is 2. The first-order valence-corrected chi connectivity index (χ1v) is 11.2. The molecule has 1 aliphatic heterocycles. The Kier molecular flexibility index (Phi) is 5.11. The predicted octanol–water partition coefficient (Wildman–Crippen LogP) is 5.34. The summed E-state index contributed by atoms with van der Waals surface area (Å²) >= 11 is 0. The number of para-hydroxylation sites is 1. The van der Waals surface area contributed by atoms with E-state index in [-0.39, 0.29) is 5.41 Å². The van der Waals surface area contributed by atoms with Gasteiger partial charge >= 0.3 is 0 Å². The summed E-state index contributed by atoms with van der Waals surface area (Å²) in [6.45, 7) is 10.3. The summed E-state index contributed by atoms with van der Waals surface area (Å²) in [5.41, 5.74) is 6.51. The SMILES string of the molecule is CC(C)(C)c1ncc2c(n1)CCN(Cc1cn(Cc3ccccc3)c3ccccc13)C2. The average Bonchev–Trinajstić information content (AvgIpc) is 3.10. The number of rotatable bonds is 4. The van der Waals surface area contributed by atoms with Gasteiger partial charge in [0.15, 0.2) is 0 Å². The maximum Gasteiger partial charge on any atom is 0.133 e. The van der Waals surface area contributed by atoms with E-state index in [2.05, 4.69) is 96.0 Å². The molecule has 0 saturated carbocycles. The minimum Gasteiger partial charge on any atom is -0.343 e. The summed E-state index contributed by atoms with van der Waals surface area (Å²) in [6.07, 6.45) is 5.38. The summed E-state index contributed by atoms with van der Waals surface area (Å²) < 4.78 is 2.39. The highest BCUT2D eigenvalue weighted by atomic mass is 15.1. The van der Waals surface area contributed by atoms with Gasteiger partial charge in [0, 0.05) is 72.6 Å². The van der Waals surface area contributed by atoms with Gasteiger partial charge in [-0.25, -0.2) is 9.97 Å². The topological polar surface area (TPSA) is 34.0 Å². The second-order valence-electron chi connectivity index (χ2n) is 9.66. The van der Waals surface area contributed by atoms with Gasteiger partial charge in [-0.3, -0.25) is 4.90 Å². The fraction of sp³-hybridized carbons (Fsp3) is 0.333. The number of benzene rings is 2. The van der Waals surface area contributed by atoms with Crippen molar-refractivity contribution in [3.63, 3.8) is 0 Å². The zero-order valence-electron chi connectivity index (χ0n) is 18.7. The molecule has 5 rings (SSSR count). The molecule has 1 aliphatic rings. The smallest absolute Gasteiger partial charge is 0.133 e. The molecule has 4 aromatic rings. The van der Waals surface area contributed by atoms with Crippen LogP contribution in [0.1, 0.15) is 49.0 Å². The van der Waals surface area contributed by atoms with Crippen molar-refractivity contribution in [3.8, 4) is 0 Å². The molecular weight excluding hydrogens is 380 g/mol. The molecule has 4 nitrogen and oxygen atoms in total. The van der Waals surface area contributed by atoms with E-state index in [1.807, 2.05) is 6.20 Å². The largest absolute Gasteiger partial charge is 0.343 e. The Morgan fingerprint density at radius 2 is 1.71 bits per heavy atom. The van der Waals surface area contributed by atoms with Crippen molar-refractivity contribution in [1.82, 2.24) is 19.4 Å². The fourth-order valence-corrected chi connectivity index (χ4v) is 4.47.